The number of aliphatic hydroxyl groups excluding tert-OH is 1. The Morgan fingerprint density at radius 2 is 1.23 bits per heavy atom. The normalized spacial score (nSPS) is 14.7. The molecule has 0 spiro atoms. The molecular weight excluding hydrogens is 570 g/mol. The number of fused-ring (bicyclic) bond motifs is 2. The van der Waals surface area contributed by atoms with Crippen LogP contribution in [0.15, 0.2) is 60.9 Å². The molecule has 2 aromatic carbocycles. The number of aromatic nitrogens is 2. The van der Waals surface area contributed by atoms with Crippen molar-refractivity contribution >= 4 is 51.4 Å². The molecule has 0 aliphatic carbocycles. The van der Waals surface area contributed by atoms with Gasteiger partial charge >= 0.3 is 5.97 Å². The van der Waals surface area contributed by atoms with Gasteiger partial charge in [0.1, 0.15) is 12.1 Å². The SMILES string of the molecule is CC(O)C(NC(=O)C(Cc1c[nH]c2ccccc12)NC(=O)C(Cc1c[nH]c2ccccc12)NC(=O)C(N)CC(N)=O)C(=O)O. The Kier molecular flexibility index (Phi) is 9.98. The van der Waals surface area contributed by atoms with Gasteiger partial charge in [-0.05, 0) is 30.2 Å². The van der Waals surface area contributed by atoms with Gasteiger partial charge in [0.2, 0.25) is 23.6 Å². The zero-order valence-electron chi connectivity index (χ0n) is 23.9. The van der Waals surface area contributed by atoms with Gasteiger partial charge in [0.25, 0.3) is 0 Å². The van der Waals surface area contributed by atoms with Gasteiger partial charge in [0, 0.05) is 47.0 Å². The highest BCUT2D eigenvalue weighted by Gasteiger charge is 2.33. The van der Waals surface area contributed by atoms with E-state index in [1.165, 1.54) is 6.92 Å². The van der Waals surface area contributed by atoms with E-state index >= 15 is 0 Å². The van der Waals surface area contributed by atoms with Gasteiger partial charge in [0.15, 0.2) is 6.04 Å². The molecule has 0 saturated heterocycles. The van der Waals surface area contributed by atoms with E-state index < -0.39 is 66.3 Å². The predicted molar refractivity (Wildman–Crippen MR) is 161 cm³/mol. The first-order valence-electron chi connectivity index (χ1n) is 13.9. The van der Waals surface area contributed by atoms with Crippen molar-refractivity contribution in [1.82, 2.24) is 25.9 Å². The van der Waals surface area contributed by atoms with Crippen molar-refractivity contribution in [1.29, 1.82) is 0 Å². The quantitative estimate of drug-likeness (QED) is 0.0909. The summed E-state index contributed by atoms with van der Waals surface area (Å²) in [6, 6.07) is 9.10. The summed E-state index contributed by atoms with van der Waals surface area (Å²) >= 11 is 0. The minimum atomic E-state index is -1.64. The number of aromatic amines is 2. The van der Waals surface area contributed by atoms with E-state index in [9.17, 15) is 34.2 Å². The second kappa shape index (κ2) is 13.8. The Morgan fingerprint density at radius 1 is 0.773 bits per heavy atom. The molecule has 4 rings (SSSR count). The monoisotopic (exact) mass is 605 g/mol. The molecule has 14 heteroatoms. The van der Waals surface area contributed by atoms with Crippen LogP contribution in [0.2, 0.25) is 0 Å². The van der Waals surface area contributed by atoms with Crippen LogP contribution in [0.1, 0.15) is 24.5 Å². The third kappa shape index (κ3) is 7.59. The lowest BCUT2D eigenvalue weighted by Gasteiger charge is -2.26. The fourth-order valence-corrected chi connectivity index (χ4v) is 4.96. The topological polar surface area (TPSA) is 246 Å². The number of aliphatic hydroxyl groups is 1. The lowest BCUT2D eigenvalue weighted by Crippen LogP contribution is -2.59. The summed E-state index contributed by atoms with van der Waals surface area (Å²) in [5.74, 6) is -4.69. The van der Waals surface area contributed by atoms with Crippen LogP contribution < -0.4 is 27.4 Å². The lowest BCUT2D eigenvalue weighted by molar-refractivity contribution is -0.145. The summed E-state index contributed by atoms with van der Waals surface area (Å²) in [4.78, 5) is 69.4. The number of H-pyrrole nitrogens is 2. The number of carboxylic acids is 1. The van der Waals surface area contributed by atoms with Crippen molar-refractivity contribution in [3.8, 4) is 0 Å². The number of amides is 4. The Labute approximate surface area is 251 Å². The van der Waals surface area contributed by atoms with E-state index in [2.05, 4.69) is 25.9 Å². The van der Waals surface area contributed by atoms with Gasteiger partial charge in [-0.1, -0.05) is 36.4 Å². The molecule has 0 radical (unpaired) electrons. The van der Waals surface area contributed by atoms with Gasteiger partial charge in [-0.15, -0.1) is 0 Å². The smallest absolute Gasteiger partial charge is 0.328 e. The van der Waals surface area contributed by atoms with Crippen LogP contribution in [0, 0.1) is 0 Å². The number of nitrogens with two attached hydrogens (primary N) is 2. The van der Waals surface area contributed by atoms with Crippen LogP contribution in [-0.2, 0) is 36.8 Å². The molecule has 2 aromatic heterocycles. The third-order valence-electron chi connectivity index (χ3n) is 7.27. The van der Waals surface area contributed by atoms with Crippen molar-refractivity contribution in [3.63, 3.8) is 0 Å². The first kappa shape index (κ1) is 31.7. The van der Waals surface area contributed by atoms with Gasteiger partial charge in [-0.25, -0.2) is 4.79 Å². The van der Waals surface area contributed by atoms with E-state index in [0.717, 1.165) is 21.8 Å². The second-order valence-corrected chi connectivity index (χ2v) is 10.6. The Bertz CT molecular complexity index is 1680. The highest BCUT2D eigenvalue weighted by Crippen LogP contribution is 2.21. The van der Waals surface area contributed by atoms with E-state index in [1.807, 2.05) is 48.5 Å². The molecule has 0 aliphatic heterocycles. The van der Waals surface area contributed by atoms with Crippen LogP contribution in [-0.4, -0.2) is 80.1 Å². The average Bonchev–Trinajstić information content (AvgIpc) is 3.58. The summed E-state index contributed by atoms with van der Waals surface area (Å²) in [5, 5.41) is 28.6. The highest BCUT2D eigenvalue weighted by molar-refractivity contribution is 5.96. The number of carbonyl (C=O) groups is 5. The molecule has 4 aromatic rings. The maximum absolute atomic E-state index is 13.8. The van der Waals surface area contributed by atoms with E-state index in [-0.39, 0.29) is 12.8 Å². The van der Waals surface area contributed by atoms with E-state index in [4.69, 9.17) is 11.5 Å². The van der Waals surface area contributed by atoms with Crippen molar-refractivity contribution < 1.29 is 34.2 Å². The molecule has 5 atom stereocenters. The first-order valence-corrected chi connectivity index (χ1v) is 13.9. The lowest BCUT2D eigenvalue weighted by atomic mass is 10.0. The molecule has 4 amide bonds. The van der Waals surface area contributed by atoms with Gasteiger partial charge in [-0.2, -0.15) is 0 Å². The van der Waals surface area contributed by atoms with Crippen LogP contribution in [0.4, 0.5) is 0 Å². The standard InChI is InChI=1S/C30H35N7O7/c1-15(38)26(30(43)44)37-29(42)24(11-17-14-34-22-9-5-3-7-19(17)22)36-28(41)23(35-27(40)20(31)12-25(32)39)10-16-13-33-21-8-4-2-6-18(16)21/h2-9,13-15,20,23-24,26,33-34,38H,10-12,31H2,1H3,(H2,32,39)(H,35,40)(H,36,41)(H,37,42)(H,43,44). The summed E-state index contributed by atoms with van der Waals surface area (Å²) < 4.78 is 0. The summed E-state index contributed by atoms with van der Waals surface area (Å²) in [6.07, 6.45) is 1.42. The minimum Gasteiger partial charge on any atom is -0.480 e. The fraction of sp³-hybridized carbons (Fsp3) is 0.300. The van der Waals surface area contributed by atoms with Gasteiger partial charge in [-0.3, -0.25) is 19.2 Å². The number of hydrogen-bond donors (Lipinski definition) is 9. The van der Waals surface area contributed by atoms with Crippen LogP contribution in [0.25, 0.3) is 21.8 Å². The summed E-state index contributed by atoms with van der Waals surface area (Å²) in [7, 11) is 0. The average molecular weight is 606 g/mol. The van der Waals surface area contributed by atoms with Gasteiger partial charge in [0.05, 0.1) is 18.6 Å². The summed E-state index contributed by atoms with van der Waals surface area (Å²) in [6.45, 7) is 1.22. The number of para-hydroxylation sites is 2. The number of primary amides is 1. The number of carboxylic acid groups (broad SMARTS) is 1. The maximum Gasteiger partial charge on any atom is 0.328 e. The Balaban J connectivity index is 1.65. The molecule has 14 nitrogen and oxygen atoms in total. The number of rotatable bonds is 14. The number of benzene rings is 2. The van der Waals surface area contributed by atoms with Crippen LogP contribution in [0.3, 0.4) is 0 Å². The second-order valence-electron chi connectivity index (χ2n) is 10.6. The first-order chi connectivity index (χ1) is 20.9. The highest BCUT2D eigenvalue weighted by atomic mass is 16.4. The zero-order chi connectivity index (χ0) is 32.0. The molecule has 0 aliphatic rings. The van der Waals surface area contributed by atoms with Crippen molar-refractivity contribution in [3.05, 3.63) is 72.1 Å². The summed E-state index contributed by atoms with van der Waals surface area (Å²) in [5.41, 5.74) is 14.0. The number of hydrogen-bond acceptors (Lipinski definition) is 7. The molecule has 0 saturated carbocycles. The molecule has 11 N–H and O–H groups in total. The van der Waals surface area contributed by atoms with E-state index in [1.54, 1.807) is 12.4 Å². The molecule has 0 bridgehead atoms. The zero-order valence-corrected chi connectivity index (χ0v) is 23.9. The molecule has 0 fully saturated rings. The predicted octanol–water partition coefficient (Wildman–Crippen LogP) is -0.443. The molecule has 5 unspecified atom stereocenters. The van der Waals surface area contributed by atoms with Crippen molar-refractivity contribution in [2.75, 3.05) is 0 Å². The van der Waals surface area contributed by atoms with E-state index in [0.29, 0.717) is 11.1 Å². The Hall–Kier alpha value is -5.21. The number of nitrogens with one attached hydrogen (secondary N) is 5. The largest absolute Gasteiger partial charge is 0.480 e. The Morgan fingerprint density at radius 3 is 1.68 bits per heavy atom. The van der Waals surface area contributed by atoms with Crippen LogP contribution in [0.5, 0.6) is 0 Å². The molecule has 44 heavy (non-hydrogen) atoms. The van der Waals surface area contributed by atoms with Crippen molar-refractivity contribution in [2.24, 2.45) is 11.5 Å². The molecule has 2 heterocycles. The fourth-order valence-electron chi connectivity index (χ4n) is 4.96. The molecular formula is C30H35N7O7. The number of carbonyl (C=O) groups excluding carboxylic acids is 4. The molecule has 232 valence electrons. The van der Waals surface area contributed by atoms with Crippen LogP contribution >= 0.6 is 0 Å². The minimum absolute atomic E-state index is 0.0161. The van der Waals surface area contributed by atoms with Crippen molar-refractivity contribution in [2.45, 2.75) is 56.5 Å². The maximum atomic E-state index is 13.8. The number of aliphatic carboxylic acids is 1. The van der Waals surface area contributed by atoms with Gasteiger partial charge < -0.3 is 47.6 Å². The third-order valence-corrected chi connectivity index (χ3v) is 7.27.